The van der Waals surface area contributed by atoms with E-state index in [0.29, 0.717) is 17.8 Å². The van der Waals surface area contributed by atoms with Gasteiger partial charge in [0.2, 0.25) is 5.91 Å². The van der Waals surface area contributed by atoms with Crippen LogP contribution in [-0.4, -0.2) is 18.4 Å². The average Bonchev–Trinajstić information content (AvgIpc) is 2.47. The molecule has 0 saturated heterocycles. The molecule has 1 aliphatic rings. The molecule has 20 heavy (non-hydrogen) atoms. The van der Waals surface area contributed by atoms with E-state index in [9.17, 15) is 9.59 Å². The van der Waals surface area contributed by atoms with Crippen LogP contribution < -0.4 is 10.2 Å². The molecule has 0 unspecified atom stereocenters. The third-order valence-electron chi connectivity index (χ3n) is 3.31. The van der Waals surface area contributed by atoms with Gasteiger partial charge in [-0.05, 0) is 24.3 Å². The van der Waals surface area contributed by atoms with Crippen LogP contribution in [0.2, 0.25) is 0 Å². The van der Waals surface area contributed by atoms with Gasteiger partial charge in [-0.2, -0.15) is 0 Å². The van der Waals surface area contributed by atoms with Crippen molar-refractivity contribution in [2.75, 3.05) is 16.8 Å². The van der Waals surface area contributed by atoms with Crippen LogP contribution in [-0.2, 0) is 4.79 Å². The number of amides is 2. The van der Waals surface area contributed by atoms with Gasteiger partial charge in [-0.3, -0.25) is 9.59 Å². The highest BCUT2D eigenvalue weighted by molar-refractivity contribution is 6.12. The third kappa shape index (κ3) is 2.28. The largest absolute Gasteiger partial charge is 0.325 e. The van der Waals surface area contributed by atoms with Crippen LogP contribution in [0.3, 0.4) is 0 Å². The normalized spacial score (nSPS) is 15.1. The smallest absolute Gasteiger partial charge is 0.260 e. The highest BCUT2D eigenvalue weighted by Crippen LogP contribution is 2.24. The zero-order valence-electron chi connectivity index (χ0n) is 10.9. The lowest BCUT2D eigenvalue weighted by Gasteiger charge is -2.26. The zero-order valence-corrected chi connectivity index (χ0v) is 10.9. The minimum absolute atomic E-state index is 0.0779. The van der Waals surface area contributed by atoms with Gasteiger partial charge < -0.3 is 10.2 Å². The fourth-order valence-corrected chi connectivity index (χ4v) is 2.31. The van der Waals surface area contributed by atoms with Gasteiger partial charge in [0, 0.05) is 18.7 Å². The number of hydrogen-bond acceptors (Lipinski definition) is 2. The predicted molar refractivity (Wildman–Crippen MR) is 77.8 cm³/mol. The van der Waals surface area contributed by atoms with Gasteiger partial charge in [0.1, 0.15) is 0 Å². The second-order valence-electron chi connectivity index (χ2n) is 4.64. The molecular weight excluding hydrogens is 252 g/mol. The van der Waals surface area contributed by atoms with Gasteiger partial charge in [-0.25, -0.2) is 0 Å². The van der Waals surface area contributed by atoms with Crippen LogP contribution >= 0.6 is 0 Å². The Morgan fingerprint density at radius 3 is 2.40 bits per heavy atom. The molecule has 0 spiro atoms. The molecule has 100 valence electrons. The van der Waals surface area contributed by atoms with E-state index >= 15 is 0 Å². The molecule has 0 fully saturated rings. The minimum Gasteiger partial charge on any atom is -0.325 e. The summed E-state index contributed by atoms with van der Waals surface area (Å²) in [6.45, 7) is 0.378. The molecule has 0 atom stereocenters. The number of fused-ring (bicyclic) bond motifs is 1. The summed E-state index contributed by atoms with van der Waals surface area (Å²) in [5.74, 6) is -0.169. The monoisotopic (exact) mass is 266 g/mol. The van der Waals surface area contributed by atoms with Crippen LogP contribution in [0.4, 0.5) is 11.4 Å². The fourth-order valence-electron chi connectivity index (χ4n) is 2.31. The van der Waals surface area contributed by atoms with Crippen molar-refractivity contribution in [2.45, 2.75) is 6.42 Å². The Labute approximate surface area is 117 Å². The summed E-state index contributed by atoms with van der Waals surface area (Å²) in [6, 6.07) is 16.5. The first-order valence-electron chi connectivity index (χ1n) is 6.51. The molecule has 1 aliphatic heterocycles. The van der Waals surface area contributed by atoms with E-state index < -0.39 is 0 Å². The van der Waals surface area contributed by atoms with Gasteiger partial charge in [0.25, 0.3) is 5.91 Å². The Kier molecular flexibility index (Phi) is 3.21. The van der Waals surface area contributed by atoms with E-state index in [-0.39, 0.29) is 18.2 Å². The summed E-state index contributed by atoms with van der Waals surface area (Å²) < 4.78 is 0. The maximum Gasteiger partial charge on any atom is 0.260 e. The lowest BCUT2D eigenvalue weighted by Crippen LogP contribution is -2.36. The van der Waals surface area contributed by atoms with Crippen LogP contribution in [0.15, 0.2) is 54.6 Å². The van der Waals surface area contributed by atoms with Crippen LogP contribution in [0, 0.1) is 0 Å². The Hall–Kier alpha value is -2.62. The lowest BCUT2D eigenvalue weighted by molar-refractivity contribution is -0.116. The van der Waals surface area contributed by atoms with E-state index in [1.165, 1.54) is 0 Å². The molecule has 2 aromatic carbocycles. The standard InChI is InChI=1S/C16H14N2O2/c19-15-10-11-18(12-6-2-1-3-7-12)16(20)13-8-4-5-9-14(13)17-15/h1-9H,10-11H2,(H,17,19). The number of nitrogens with zero attached hydrogens (tertiary/aromatic N) is 1. The third-order valence-corrected chi connectivity index (χ3v) is 3.31. The maximum absolute atomic E-state index is 12.7. The topological polar surface area (TPSA) is 49.4 Å². The Balaban J connectivity index is 2.06. The van der Waals surface area contributed by atoms with Crippen molar-refractivity contribution in [1.29, 1.82) is 0 Å². The average molecular weight is 266 g/mol. The van der Waals surface area contributed by atoms with Crippen molar-refractivity contribution < 1.29 is 9.59 Å². The van der Waals surface area contributed by atoms with Gasteiger partial charge in [0.15, 0.2) is 0 Å². The van der Waals surface area contributed by atoms with E-state index in [1.807, 2.05) is 30.3 Å². The molecule has 4 heteroatoms. The number of carbonyl (C=O) groups is 2. The molecule has 1 heterocycles. The Morgan fingerprint density at radius 1 is 0.900 bits per heavy atom. The van der Waals surface area contributed by atoms with Gasteiger partial charge in [-0.15, -0.1) is 0 Å². The van der Waals surface area contributed by atoms with Crippen molar-refractivity contribution in [1.82, 2.24) is 0 Å². The predicted octanol–water partition coefficient (Wildman–Crippen LogP) is 2.68. The first-order valence-corrected chi connectivity index (χ1v) is 6.51. The molecule has 0 saturated carbocycles. The van der Waals surface area contributed by atoms with Crippen molar-refractivity contribution in [3.8, 4) is 0 Å². The first-order chi connectivity index (χ1) is 9.75. The molecule has 0 aliphatic carbocycles. The van der Waals surface area contributed by atoms with Gasteiger partial charge >= 0.3 is 0 Å². The quantitative estimate of drug-likeness (QED) is 0.862. The lowest BCUT2D eigenvalue weighted by atomic mass is 10.1. The molecule has 0 aromatic heterocycles. The number of anilines is 2. The summed E-state index contributed by atoms with van der Waals surface area (Å²) >= 11 is 0. The highest BCUT2D eigenvalue weighted by atomic mass is 16.2. The minimum atomic E-state index is -0.0909. The van der Waals surface area contributed by atoms with Gasteiger partial charge in [-0.1, -0.05) is 30.3 Å². The number of carbonyl (C=O) groups excluding carboxylic acids is 2. The zero-order chi connectivity index (χ0) is 13.9. The fraction of sp³-hybridized carbons (Fsp3) is 0.125. The van der Waals surface area contributed by atoms with Crippen molar-refractivity contribution in [2.24, 2.45) is 0 Å². The molecule has 2 aromatic rings. The van der Waals surface area contributed by atoms with Crippen molar-refractivity contribution in [3.63, 3.8) is 0 Å². The van der Waals surface area contributed by atoms with E-state index in [2.05, 4.69) is 5.32 Å². The first kappa shape index (κ1) is 12.4. The molecule has 4 nitrogen and oxygen atoms in total. The van der Waals surface area contributed by atoms with Crippen LogP contribution in [0.5, 0.6) is 0 Å². The van der Waals surface area contributed by atoms with Crippen LogP contribution in [0.25, 0.3) is 0 Å². The molecule has 3 rings (SSSR count). The SMILES string of the molecule is O=C1CCN(c2ccccc2)C(=O)c2ccccc2N1. The molecule has 0 bridgehead atoms. The molecule has 0 radical (unpaired) electrons. The molecule has 1 N–H and O–H groups in total. The Morgan fingerprint density at radius 2 is 1.60 bits per heavy atom. The van der Waals surface area contributed by atoms with Gasteiger partial charge in [0.05, 0.1) is 11.3 Å². The second-order valence-corrected chi connectivity index (χ2v) is 4.64. The number of benzene rings is 2. The summed E-state index contributed by atoms with van der Waals surface area (Å²) in [7, 11) is 0. The maximum atomic E-state index is 12.7. The summed E-state index contributed by atoms with van der Waals surface area (Å²) in [5.41, 5.74) is 1.90. The second kappa shape index (κ2) is 5.17. The van der Waals surface area contributed by atoms with Crippen molar-refractivity contribution in [3.05, 3.63) is 60.2 Å². The van der Waals surface area contributed by atoms with E-state index in [1.54, 1.807) is 29.2 Å². The number of para-hydroxylation sites is 2. The number of hydrogen-bond donors (Lipinski definition) is 1. The highest BCUT2D eigenvalue weighted by Gasteiger charge is 2.24. The van der Waals surface area contributed by atoms with Crippen LogP contribution in [0.1, 0.15) is 16.8 Å². The number of rotatable bonds is 1. The number of nitrogens with one attached hydrogen (secondary N) is 1. The summed E-state index contributed by atoms with van der Waals surface area (Å²) in [4.78, 5) is 26.2. The van der Waals surface area contributed by atoms with E-state index in [4.69, 9.17) is 0 Å². The molecule has 2 amide bonds. The Bertz CT molecular complexity index is 653. The van der Waals surface area contributed by atoms with E-state index in [0.717, 1.165) is 5.69 Å². The summed E-state index contributed by atoms with van der Waals surface area (Å²) in [6.07, 6.45) is 0.287. The van der Waals surface area contributed by atoms with Crippen molar-refractivity contribution >= 4 is 23.2 Å². The summed E-state index contributed by atoms with van der Waals surface area (Å²) in [5, 5.41) is 2.78. The molecular formula is C16H14N2O2.